The van der Waals surface area contributed by atoms with Crippen molar-refractivity contribution >= 4 is 22.5 Å². The third-order valence-electron chi connectivity index (χ3n) is 2.50. The predicted molar refractivity (Wildman–Crippen MR) is 59.7 cm³/mol. The summed E-state index contributed by atoms with van der Waals surface area (Å²) in [6.45, 7) is 0. The van der Waals surface area contributed by atoms with E-state index in [1.165, 1.54) is 16.3 Å². The lowest BCUT2D eigenvalue weighted by Gasteiger charge is -2.16. The molecular weight excluding hydrogens is 172 g/mol. The molecule has 0 aromatic heterocycles. The maximum atomic E-state index is 3.17. The van der Waals surface area contributed by atoms with E-state index >= 15 is 0 Å². The summed E-state index contributed by atoms with van der Waals surface area (Å²) in [7, 11) is 0. The van der Waals surface area contributed by atoms with E-state index in [4.69, 9.17) is 0 Å². The molecule has 0 saturated carbocycles. The Bertz CT molecular complexity index is 515. The number of rotatable bonds is 0. The van der Waals surface area contributed by atoms with Crippen molar-refractivity contribution in [3.8, 4) is 0 Å². The molecule has 2 nitrogen and oxygen atoms in total. The molecule has 2 N–H and O–H groups in total. The summed E-state index contributed by atoms with van der Waals surface area (Å²) in [6.07, 6.45) is 3.97. The zero-order chi connectivity index (χ0) is 9.38. The molecule has 2 heteroatoms. The van der Waals surface area contributed by atoms with Gasteiger partial charge in [-0.15, -0.1) is 0 Å². The van der Waals surface area contributed by atoms with Crippen LogP contribution in [-0.4, -0.2) is 0 Å². The van der Waals surface area contributed by atoms with Crippen LogP contribution in [-0.2, 0) is 0 Å². The summed E-state index contributed by atoms with van der Waals surface area (Å²) in [4.78, 5) is 0. The lowest BCUT2D eigenvalue weighted by molar-refractivity contribution is 1.05. The Morgan fingerprint density at radius 2 is 1.86 bits per heavy atom. The van der Waals surface area contributed by atoms with Crippen LogP contribution in [0.4, 0.5) is 5.69 Å². The van der Waals surface area contributed by atoms with E-state index in [9.17, 15) is 0 Å². The van der Waals surface area contributed by atoms with E-state index in [0.29, 0.717) is 0 Å². The number of hydrazine groups is 1. The minimum Gasteiger partial charge on any atom is -0.308 e. The Hall–Kier alpha value is -1.96. The van der Waals surface area contributed by atoms with Crippen LogP contribution >= 0.6 is 0 Å². The smallest absolute Gasteiger partial charge is 0.0690 e. The summed E-state index contributed by atoms with van der Waals surface area (Å²) in [5.74, 6) is 0. The first-order valence-electron chi connectivity index (χ1n) is 4.65. The van der Waals surface area contributed by atoms with Gasteiger partial charge in [0.2, 0.25) is 0 Å². The topological polar surface area (TPSA) is 24.1 Å². The van der Waals surface area contributed by atoms with Crippen molar-refractivity contribution in [1.29, 1.82) is 0 Å². The summed E-state index contributed by atoms with van der Waals surface area (Å²) in [5.41, 5.74) is 8.55. The molecule has 1 heterocycles. The number of hydrogen-bond donors (Lipinski definition) is 2. The van der Waals surface area contributed by atoms with E-state index < -0.39 is 0 Å². The molecule has 1 aliphatic heterocycles. The van der Waals surface area contributed by atoms with Crippen LogP contribution < -0.4 is 10.9 Å². The maximum absolute atomic E-state index is 3.17. The SMILES string of the molecule is C1=Cc2ccc3ccccc3c2NN1. The average molecular weight is 182 g/mol. The second-order valence-electron chi connectivity index (χ2n) is 3.35. The molecule has 0 atom stereocenters. The predicted octanol–water partition coefficient (Wildman–Crippen LogP) is 2.74. The molecule has 0 amide bonds. The van der Waals surface area contributed by atoms with Gasteiger partial charge in [0.1, 0.15) is 0 Å². The summed E-state index contributed by atoms with van der Waals surface area (Å²) in [6, 6.07) is 12.6. The fourth-order valence-electron chi connectivity index (χ4n) is 1.81. The van der Waals surface area contributed by atoms with E-state index in [2.05, 4.69) is 53.3 Å². The molecule has 0 unspecified atom stereocenters. The Morgan fingerprint density at radius 1 is 0.929 bits per heavy atom. The molecule has 1 aliphatic rings. The first kappa shape index (κ1) is 7.44. The maximum Gasteiger partial charge on any atom is 0.0690 e. The van der Waals surface area contributed by atoms with Gasteiger partial charge in [-0.05, 0) is 11.5 Å². The first-order chi connectivity index (χ1) is 6.95. The third-order valence-corrected chi connectivity index (χ3v) is 2.50. The summed E-state index contributed by atoms with van der Waals surface area (Å²) in [5, 5.41) is 2.51. The Labute approximate surface area is 82.2 Å². The van der Waals surface area contributed by atoms with Crippen molar-refractivity contribution in [1.82, 2.24) is 5.43 Å². The van der Waals surface area contributed by atoms with Crippen LogP contribution in [0.15, 0.2) is 42.6 Å². The Morgan fingerprint density at radius 3 is 2.86 bits per heavy atom. The highest BCUT2D eigenvalue weighted by Gasteiger charge is 2.06. The highest BCUT2D eigenvalue weighted by molar-refractivity contribution is 5.98. The van der Waals surface area contributed by atoms with Crippen molar-refractivity contribution in [2.75, 3.05) is 5.43 Å². The van der Waals surface area contributed by atoms with Crippen LogP contribution in [0.5, 0.6) is 0 Å². The molecule has 0 bridgehead atoms. The largest absolute Gasteiger partial charge is 0.308 e. The standard InChI is InChI=1S/C12H10N2/c1-2-4-11-9(3-1)5-6-10-7-8-13-14-12(10)11/h1-8,13-14H. The van der Waals surface area contributed by atoms with E-state index in [-0.39, 0.29) is 0 Å². The molecule has 0 aliphatic carbocycles. The fraction of sp³-hybridized carbons (Fsp3) is 0. The van der Waals surface area contributed by atoms with Gasteiger partial charge in [0.15, 0.2) is 0 Å². The quantitative estimate of drug-likeness (QED) is 0.654. The van der Waals surface area contributed by atoms with Crippen molar-refractivity contribution in [3.05, 3.63) is 48.2 Å². The van der Waals surface area contributed by atoms with Gasteiger partial charge < -0.3 is 10.9 Å². The van der Waals surface area contributed by atoms with Crippen LogP contribution in [0.25, 0.3) is 16.8 Å². The average Bonchev–Trinajstić information content (AvgIpc) is 2.29. The van der Waals surface area contributed by atoms with Crippen molar-refractivity contribution in [2.45, 2.75) is 0 Å². The molecule has 68 valence electrons. The van der Waals surface area contributed by atoms with Crippen LogP contribution in [0.3, 0.4) is 0 Å². The van der Waals surface area contributed by atoms with Gasteiger partial charge in [0.05, 0.1) is 5.69 Å². The second kappa shape index (κ2) is 2.77. The van der Waals surface area contributed by atoms with Gasteiger partial charge >= 0.3 is 0 Å². The molecule has 0 saturated heterocycles. The van der Waals surface area contributed by atoms with Gasteiger partial charge in [0, 0.05) is 17.1 Å². The highest BCUT2D eigenvalue weighted by atomic mass is 15.3. The van der Waals surface area contributed by atoms with Gasteiger partial charge in [-0.25, -0.2) is 0 Å². The zero-order valence-electron chi connectivity index (χ0n) is 7.62. The number of nitrogens with one attached hydrogen (secondary N) is 2. The van der Waals surface area contributed by atoms with Gasteiger partial charge in [-0.1, -0.05) is 36.4 Å². The first-order valence-corrected chi connectivity index (χ1v) is 4.65. The number of anilines is 1. The molecule has 2 aromatic carbocycles. The number of benzene rings is 2. The van der Waals surface area contributed by atoms with Crippen molar-refractivity contribution < 1.29 is 0 Å². The minimum absolute atomic E-state index is 1.16. The van der Waals surface area contributed by atoms with Crippen LogP contribution in [0, 0.1) is 0 Å². The molecule has 14 heavy (non-hydrogen) atoms. The lowest BCUT2D eigenvalue weighted by Crippen LogP contribution is -2.18. The summed E-state index contributed by atoms with van der Waals surface area (Å²) < 4.78 is 0. The van der Waals surface area contributed by atoms with E-state index in [0.717, 1.165) is 5.69 Å². The molecule has 0 fully saturated rings. The van der Waals surface area contributed by atoms with Crippen molar-refractivity contribution in [2.24, 2.45) is 0 Å². The zero-order valence-corrected chi connectivity index (χ0v) is 7.62. The Balaban J connectivity index is 2.41. The van der Waals surface area contributed by atoms with Gasteiger partial charge in [0.25, 0.3) is 0 Å². The summed E-state index contributed by atoms with van der Waals surface area (Å²) >= 11 is 0. The molecule has 2 aromatic rings. The van der Waals surface area contributed by atoms with Crippen LogP contribution in [0.2, 0.25) is 0 Å². The van der Waals surface area contributed by atoms with E-state index in [1.807, 2.05) is 6.20 Å². The number of hydrogen-bond acceptors (Lipinski definition) is 2. The van der Waals surface area contributed by atoms with Crippen LogP contribution in [0.1, 0.15) is 5.56 Å². The Kier molecular flexibility index (Phi) is 1.47. The normalized spacial score (nSPS) is 13.1. The highest BCUT2D eigenvalue weighted by Crippen LogP contribution is 2.29. The second-order valence-corrected chi connectivity index (χ2v) is 3.35. The van der Waals surface area contributed by atoms with E-state index in [1.54, 1.807) is 0 Å². The molecule has 0 radical (unpaired) electrons. The third kappa shape index (κ3) is 0.973. The van der Waals surface area contributed by atoms with Gasteiger partial charge in [-0.2, -0.15) is 0 Å². The lowest BCUT2D eigenvalue weighted by atomic mass is 10.0. The molecule has 3 rings (SSSR count). The molecule has 0 spiro atoms. The monoisotopic (exact) mass is 182 g/mol. The number of fused-ring (bicyclic) bond motifs is 3. The minimum atomic E-state index is 1.16. The van der Waals surface area contributed by atoms with Gasteiger partial charge in [-0.3, -0.25) is 0 Å². The fourth-order valence-corrected chi connectivity index (χ4v) is 1.81. The molecular formula is C12H10N2. The van der Waals surface area contributed by atoms with Crippen molar-refractivity contribution in [3.63, 3.8) is 0 Å².